The number of benzene rings is 1. The molecule has 126 valence electrons. The van der Waals surface area contributed by atoms with Crippen LogP contribution in [0.5, 0.6) is 0 Å². The average Bonchev–Trinajstić information content (AvgIpc) is 2.53. The number of carboxylic acid groups (broad SMARTS) is 1. The number of amides is 1. The maximum Gasteiger partial charge on any atom is 0.303 e. The Morgan fingerprint density at radius 3 is 2.54 bits per heavy atom. The van der Waals surface area contributed by atoms with Crippen LogP contribution in [-0.4, -0.2) is 27.5 Å². The van der Waals surface area contributed by atoms with E-state index in [1.807, 2.05) is 51.1 Å². The largest absolute Gasteiger partial charge is 0.481 e. The summed E-state index contributed by atoms with van der Waals surface area (Å²) >= 11 is 0. The average molecular weight is 326 g/mol. The van der Waals surface area contributed by atoms with Crippen LogP contribution in [0.15, 0.2) is 42.6 Å². The van der Waals surface area contributed by atoms with Crippen molar-refractivity contribution in [1.29, 1.82) is 0 Å². The summed E-state index contributed by atoms with van der Waals surface area (Å²) in [6.45, 7) is 5.54. The van der Waals surface area contributed by atoms with Crippen molar-refractivity contribution in [1.82, 2.24) is 10.3 Å². The summed E-state index contributed by atoms with van der Waals surface area (Å²) in [6.07, 6.45) is 2.10. The van der Waals surface area contributed by atoms with E-state index in [0.717, 1.165) is 16.8 Å². The molecular formula is C19H22N2O3. The Bertz CT molecular complexity index is 740. The first kappa shape index (κ1) is 17.7. The van der Waals surface area contributed by atoms with Crippen LogP contribution in [0, 0.1) is 6.92 Å². The number of carbonyl (C=O) groups is 2. The van der Waals surface area contributed by atoms with Gasteiger partial charge in [-0.15, -0.1) is 0 Å². The predicted molar refractivity (Wildman–Crippen MR) is 92.8 cm³/mol. The zero-order valence-corrected chi connectivity index (χ0v) is 14.2. The van der Waals surface area contributed by atoms with Gasteiger partial charge in [-0.3, -0.25) is 14.6 Å². The molecule has 0 aliphatic heterocycles. The Morgan fingerprint density at radius 1 is 1.17 bits per heavy atom. The fraction of sp³-hybridized carbons (Fsp3) is 0.316. The maximum absolute atomic E-state index is 12.6. The van der Waals surface area contributed by atoms with Crippen molar-refractivity contribution < 1.29 is 14.7 Å². The molecule has 2 aromatic rings. The second-order valence-electron chi connectivity index (χ2n) is 6.42. The Balaban J connectivity index is 2.23. The minimum absolute atomic E-state index is 0.0141. The molecule has 0 atom stereocenters. The molecule has 0 bridgehead atoms. The van der Waals surface area contributed by atoms with E-state index >= 15 is 0 Å². The van der Waals surface area contributed by atoms with Gasteiger partial charge in [0.05, 0.1) is 5.69 Å². The first-order valence-electron chi connectivity index (χ1n) is 7.85. The van der Waals surface area contributed by atoms with E-state index in [1.165, 1.54) is 0 Å². The van der Waals surface area contributed by atoms with Crippen LogP contribution in [0.4, 0.5) is 0 Å². The quantitative estimate of drug-likeness (QED) is 0.852. The first-order chi connectivity index (χ1) is 11.3. The van der Waals surface area contributed by atoms with Crippen molar-refractivity contribution in [2.45, 2.75) is 39.2 Å². The molecule has 0 aliphatic carbocycles. The molecule has 0 spiro atoms. The van der Waals surface area contributed by atoms with E-state index in [4.69, 9.17) is 5.11 Å². The molecule has 2 N–H and O–H groups in total. The zero-order chi connectivity index (χ0) is 17.7. The predicted octanol–water partition coefficient (Wildman–Crippen LogP) is 3.43. The van der Waals surface area contributed by atoms with Crippen molar-refractivity contribution >= 4 is 11.9 Å². The van der Waals surface area contributed by atoms with Gasteiger partial charge in [0.2, 0.25) is 0 Å². The molecule has 5 heteroatoms. The lowest BCUT2D eigenvalue weighted by molar-refractivity contribution is -0.137. The van der Waals surface area contributed by atoms with Gasteiger partial charge in [0, 0.05) is 29.3 Å². The Labute approximate surface area is 141 Å². The molecule has 1 heterocycles. The van der Waals surface area contributed by atoms with Crippen LogP contribution in [0.2, 0.25) is 0 Å². The Kier molecular flexibility index (Phi) is 5.34. The molecule has 1 aromatic heterocycles. The number of carbonyl (C=O) groups excluding carboxylic acids is 1. The normalized spacial score (nSPS) is 11.1. The molecule has 24 heavy (non-hydrogen) atoms. The highest BCUT2D eigenvalue weighted by molar-refractivity contribution is 5.97. The van der Waals surface area contributed by atoms with Gasteiger partial charge in [-0.2, -0.15) is 0 Å². The number of rotatable bonds is 6. The Hall–Kier alpha value is -2.69. The molecule has 0 radical (unpaired) electrons. The van der Waals surface area contributed by atoms with E-state index in [2.05, 4.69) is 10.3 Å². The fourth-order valence-corrected chi connectivity index (χ4v) is 2.54. The summed E-state index contributed by atoms with van der Waals surface area (Å²) in [7, 11) is 0. The third-order valence-corrected chi connectivity index (χ3v) is 3.94. The number of aliphatic carboxylic acids is 1. The molecule has 0 saturated carbocycles. The van der Waals surface area contributed by atoms with Gasteiger partial charge in [0.25, 0.3) is 5.91 Å². The van der Waals surface area contributed by atoms with Gasteiger partial charge in [0.1, 0.15) is 0 Å². The number of aromatic nitrogens is 1. The van der Waals surface area contributed by atoms with Crippen LogP contribution in [0.3, 0.4) is 0 Å². The molecule has 0 unspecified atom stereocenters. The van der Waals surface area contributed by atoms with Crippen LogP contribution >= 0.6 is 0 Å². The lowest BCUT2D eigenvalue weighted by Crippen LogP contribution is -2.44. The standard InChI is InChI=1S/C19H22N2O3/c1-13-14(16-9-4-5-12-20-16)7-6-8-15(13)18(24)21-19(2,3)11-10-17(22)23/h4-9,12H,10-11H2,1-3H3,(H,21,24)(H,22,23). The molecule has 0 aliphatic rings. The SMILES string of the molecule is Cc1c(C(=O)NC(C)(C)CCC(=O)O)cccc1-c1ccccn1. The zero-order valence-electron chi connectivity index (χ0n) is 14.2. The smallest absolute Gasteiger partial charge is 0.303 e. The lowest BCUT2D eigenvalue weighted by atomic mass is 9.95. The van der Waals surface area contributed by atoms with Gasteiger partial charge < -0.3 is 10.4 Å². The van der Waals surface area contributed by atoms with Gasteiger partial charge in [0.15, 0.2) is 0 Å². The van der Waals surface area contributed by atoms with E-state index in [1.54, 1.807) is 12.3 Å². The van der Waals surface area contributed by atoms with E-state index < -0.39 is 11.5 Å². The molecule has 0 saturated heterocycles. The highest BCUT2D eigenvalue weighted by Crippen LogP contribution is 2.24. The van der Waals surface area contributed by atoms with Crippen LogP contribution in [0.1, 0.15) is 42.6 Å². The molecule has 1 amide bonds. The lowest BCUT2D eigenvalue weighted by Gasteiger charge is -2.26. The second-order valence-corrected chi connectivity index (χ2v) is 6.42. The summed E-state index contributed by atoms with van der Waals surface area (Å²) in [5.41, 5.74) is 2.55. The minimum Gasteiger partial charge on any atom is -0.481 e. The van der Waals surface area contributed by atoms with Gasteiger partial charge >= 0.3 is 5.97 Å². The first-order valence-corrected chi connectivity index (χ1v) is 7.85. The van der Waals surface area contributed by atoms with Crippen LogP contribution in [-0.2, 0) is 4.79 Å². The van der Waals surface area contributed by atoms with Crippen molar-refractivity contribution in [2.24, 2.45) is 0 Å². The molecular weight excluding hydrogens is 304 g/mol. The van der Waals surface area contributed by atoms with Crippen molar-refractivity contribution in [3.63, 3.8) is 0 Å². The minimum atomic E-state index is -0.870. The number of hydrogen-bond acceptors (Lipinski definition) is 3. The van der Waals surface area contributed by atoms with Gasteiger partial charge in [-0.05, 0) is 51.0 Å². The molecule has 2 rings (SSSR count). The summed E-state index contributed by atoms with van der Waals surface area (Å²) in [6, 6.07) is 11.2. The van der Waals surface area contributed by atoms with Gasteiger partial charge in [-0.25, -0.2) is 0 Å². The van der Waals surface area contributed by atoms with Crippen LogP contribution < -0.4 is 5.32 Å². The fourth-order valence-electron chi connectivity index (χ4n) is 2.54. The number of pyridine rings is 1. The summed E-state index contributed by atoms with van der Waals surface area (Å²) in [5, 5.41) is 11.7. The summed E-state index contributed by atoms with van der Waals surface area (Å²) in [5.74, 6) is -1.08. The van der Waals surface area contributed by atoms with E-state index in [0.29, 0.717) is 12.0 Å². The molecule has 0 fully saturated rings. The van der Waals surface area contributed by atoms with Crippen molar-refractivity contribution in [2.75, 3.05) is 0 Å². The van der Waals surface area contributed by atoms with Crippen LogP contribution in [0.25, 0.3) is 11.3 Å². The topological polar surface area (TPSA) is 79.3 Å². The monoisotopic (exact) mass is 326 g/mol. The van der Waals surface area contributed by atoms with Gasteiger partial charge in [-0.1, -0.05) is 18.2 Å². The highest BCUT2D eigenvalue weighted by Gasteiger charge is 2.23. The summed E-state index contributed by atoms with van der Waals surface area (Å²) in [4.78, 5) is 27.7. The number of hydrogen-bond donors (Lipinski definition) is 2. The maximum atomic E-state index is 12.6. The number of nitrogens with zero attached hydrogens (tertiary/aromatic N) is 1. The highest BCUT2D eigenvalue weighted by atomic mass is 16.4. The second kappa shape index (κ2) is 7.25. The van der Waals surface area contributed by atoms with Crippen molar-refractivity contribution in [3.8, 4) is 11.3 Å². The number of nitrogens with one attached hydrogen (secondary N) is 1. The third-order valence-electron chi connectivity index (χ3n) is 3.94. The molecule has 5 nitrogen and oxygen atoms in total. The molecule has 1 aromatic carbocycles. The third kappa shape index (κ3) is 4.41. The Morgan fingerprint density at radius 2 is 1.92 bits per heavy atom. The van der Waals surface area contributed by atoms with Crippen molar-refractivity contribution in [3.05, 3.63) is 53.7 Å². The summed E-state index contributed by atoms with van der Waals surface area (Å²) < 4.78 is 0. The number of carboxylic acids is 1. The van der Waals surface area contributed by atoms with E-state index in [-0.39, 0.29) is 12.3 Å². The van der Waals surface area contributed by atoms with E-state index in [9.17, 15) is 9.59 Å².